The molecule has 0 aliphatic heterocycles. The summed E-state index contributed by atoms with van der Waals surface area (Å²) < 4.78 is 13.2. The number of rotatable bonds is 4. The van der Waals surface area contributed by atoms with Crippen LogP contribution in [0.1, 0.15) is 0 Å². The average Bonchev–Trinajstić information content (AvgIpc) is 2.51. The standard InChI is InChI=1S/C15H10Cl2FN5/c16-9-2-1-3-10(6-9)20-14-8-19-23-15(22-14)21-11-4-5-13(18)12(17)7-11/h1-8H,(H2,20,21,22,23). The van der Waals surface area contributed by atoms with Gasteiger partial charge in [-0.05, 0) is 36.4 Å². The fraction of sp³-hybridized carbons (Fsp3) is 0. The van der Waals surface area contributed by atoms with Crippen LogP contribution < -0.4 is 10.6 Å². The van der Waals surface area contributed by atoms with Gasteiger partial charge < -0.3 is 10.6 Å². The van der Waals surface area contributed by atoms with Gasteiger partial charge in [0.1, 0.15) is 5.82 Å². The van der Waals surface area contributed by atoms with Gasteiger partial charge in [-0.2, -0.15) is 10.1 Å². The summed E-state index contributed by atoms with van der Waals surface area (Å²) >= 11 is 11.7. The van der Waals surface area contributed by atoms with Gasteiger partial charge >= 0.3 is 0 Å². The van der Waals surface area contributed by atoms with Crippen molar-refractivity contribution >= 4 is 46.3 Å². The van der Waals surface area contributed by atoms with E-state index in [2.05, 4.69) is 25.8 Å². The molecule has 0 atom stereocenters. The lowest BCUT2D eigenvalue weighted by molar-refractivity contribution is 0.628. The number of benzene rings is 2. The zero-order valence-electron chi connectivity index (χ0n) is 11.6. The van der Waals surface area contributed by atoms with Crippen molar-refractivity contribution in [3.8, 4) is 0 Å². The van der Waals surface area contributed by atoms with E-state index in [4.69, 9.17) is 23.2 Å². The molecule has 116 valence electrons. The van der Waals surface area contributed by atoms with Crippen molar-refractivity contribution in [1.29, 1.82) is 0 Å². The minimum Gasteiger partial charge on any atom is -0.339 e. The first kappa shape index (κ1) is 15.5. The largest absolute Gasteiger partial charge is 0.339 e. The van der Waals surface area contributed by atoms with E-state index in [1.165, 1.54) is 24.4 Å². The molecule has 23 heavy (non-hydrogen) atoms. The van der Waals surface area contributed by atoms with E-state index in [-0.39, 0.29) is 11.0 Å². The van der Waals surface area contributed by atoms with Crippen LogP contribution in [-0.2, 0) is 0 Å². The molecule has 0 unspecified atom stereocenters. The summed E-state index contributed by atoms with van der Waals surface area (Å²) in [5.74, 6) is 0.241. The lowest BCUT2D eigenvalue weighted by atomic mass is 10.3. The fourth-order valence-electron chi connectivity index (χ4n) is 1.83. The highest BCUT2D eigenvalue weighted by Crippen LogP contribution is 2.22. The van der Waals surface area contributed by atoms with Crippen LogP contribution in [0.3, 0.4) is 0 Å². The van der Waals surface area contributed by atoms with Gasteiger partial charge in [0.25, 0.3) is 0 Å². The molecule has 5 nitrogen and oxygen atoms in total. The molecular formula is C15H10Cl2FN5. The topological polar surface area (TPSA) is 62.7 Å². The van der Waals surface area contributed by atoms with E-state index >= 15 is 0 Å². The molecule has 2 aromatic carbocycles. The highest BCUT2D eigenvalue weighted by Gasteiger charge is 2.05. The summed E-state index contributed by atoms with van der Waals surface area (Å²) in [5.41, 5.74) is 1.33. The van der Waals surface area contributed by atoms with Crippen molar-refractivity contribution < 1.29 is 4.39 Å². The minimum atomic E-state index is -0.493. The number of halogens is 3. The Hall–Kier alpha value is -2.44. The van der Waals surface area contributed by atoms with Crippen LogP contribution in [0.2, 0.25) is 10.0 Å². The first-order chi connectivity index (χ1) is 11.1. The molecule has 8 heteroatoms. The van der Waals surface area contributed by atoms with Crippen LogP contribution in [-0.4, -0.2) is 15.2 Å². The molecule has 0 saturated carbocycles. The van der Waals surface area contributed by atoms with E-state index < -0.39 is 5.82 Å². The molecule has 1 heterocycles. The second-order valence-corrected chi connectivity index (χ2v) is 5.40. The number of nitrogens with zero attached hydrogens (tertiary/aromatic N) is 3. The van der Waals surface area contributed by atoms with E-state index in [1.54, 1.807) is 12.1 Å². The van der Waals surface area contributed by atoms with Crippen LogP contribution >= 0.6 is 23.2 Å². The summed E-state index contributed by atoms with van der Waals surface area (Å²) in [4.78, 5) is 4.27. The molecule has 0 amide bonds. The molecule has 1 aromatic heterocycles. The Bertz CT molecular complexity index is 844. The third kappa shape index (κ3) is 4.06. The van der Waals surface area contributed by atoms with Crippen molar-refractivity contribution in [3.63, 3.8) is 0 Å². The van der Waals surface area contributed by atoms with Crippen LogP contribution in [0, 0.1) is 5.82 Å². The van der Waals surface area contributed by atoms with Gasteiger partial charge in [-0.1, -0.05) is 29.3 Å². The molecule has 0 aliphatic rings. The molecule has 0 aliphatic carbocycles. The van der Waals surface area contributed by atoms with Crippen molar-refractivity contribution in [2.24, 2.45) is 0 Å². The van der Waals surface area contributed by atoms with Crippen molar-refractivity contribution in [3.05, 3.63) is 64.5 Å². The second-order valence-electron chi connectivity index (χ2n) is 4.55. The Balaban J connectivity index is 1.78. The predicted octanol–water partition coefficient (Wildman–Crippen LogP) is 4.80. The Morgan fingerprint density at radius 1 is 0.957 bits per heavy atom. The summed E-state index contributed by atoms with van der Waals surface area (Å²) in [6, 6.07) is 11.4. The maximum absolute atomic E-state index is 13.2. The first-order valence-corrected chi connectivity index (χ1v) is 7.30. The minimum absolute atomic E-state index is 0.0103. The SMILES string of the molecule is Fc1ccc(Nc2nncc(Nc3cccc(Cl)c3)n2)cc1Cl. The molecule has 2 N–H and O–H groups in total. The Morgan fingerprint density at radius 3 is 2.57 bits per heavy atom. The number of hydrogen-bond acceptors (Lipinski definition) is 5. The average molecular weight is 350 g/mol. The molecule has 3 aromatic rings. The number of nitrogens with one attached hydrogen (secondary N) is 2. The molecular weight excluding hydrogens is 340 g/mol. The fourth-order valence-corrected chi connectivity index (χ4v) is 2.20. The van der Waals surface area contributed by atoms with Crippen LogP contribution in [0.5, 0.6) is 0 Å². The smallest absolute Gasteiger partial charge is 0.249 e. The zero-order chi connectivity index (χ0) is 16.2. The normalized spacial score (nSPS) is 10.4. The second kappa shape index (κ2) is 6.76. The lowest BCUT2D eigenvalue weighted by Gasteiger charge is -2.08. The summed E-state index contributed by atoms with van der Waals surface area (Å²) in [7, 11) is 0. The highest BCUT2D eigenvalue weighted by atomic mass is 35.5. The van der Waals surface area contributed by atoms with Gasteiger partial charge in [0, 0.05) is 16.4 Å². The first-order valence-electron chi connectivity index (χ1n) is 6.54. The van der Waals surface area contributed by atoms with Gasteiger partial charge in [-0.3, -0.25) is 0 Å². The third-order valence-corrected chi connectivity index (χ3v) is 3.36. The van der Waals surface area contributed by atoms with E-state index in [9.17, 15) is 4.39 Å². The molecule has 0 spiro atoms. The summed E-state index contributed by atoms with van der Waals surface area (Å²) in [6.07, 6.45) is 1.48. The van der Waals surface area contributed by atoms with Gasteiger partial charge in [0.2, 0.25) is 5.95 Å². The van der Waals surface area contributed by atoms with Crippen LogP contribution in [0.15, 0.2) is 48.7 Å². The monoisotopic (exact) mass is 349 g/mol. The lowest BCUT2D eigenvalue weighted by Crippen LogP contribution is -2.02. The van der Waals surface area contributed by atoms with Crippen molar-refractivity contribution in [1.82, 2.24) is 15.2 Å². The summed E-state index contributed by atoms with van der Waals surface area (Å²) in [6.45, 7) is 0. The van der Waals surface area contributed by atoms with Crippen molar-refractivity contribution in [2.45, 2.75) is 0 Å². The van der Waals surface area contributed by atoms with Gasteiger partial charge in [-0.15, -0.1) is 5.10 Å². The van der Waals surface area contributed by atoms with Gasteiger partial charge in [-0.25, -0.2) is 4.39 Å². The summed E-state index contributed by atoms with van der Waals surface area (Å²) in [5, 5.41) is 14.3. The third-order valence-electron chi connectivity index (χ3n) is 2.83. The molecule has 3 rings (SSSR count). The van der Waals surface area contributed by atoms with E-state index in [1.807, 2.05) is 12.1 Å². The molecule has 0 saturated heterocycles. The van der Waals surface area contributed by atoms with Crippen molar-refractivity contribution in [2.75, 3.05) is 10.6 Å². The van der Waals surface area contributed by atoms with E-state index in [0.29, 0.717) is 16.5 Å². The molecule has 0 fully saturated rings. The van der Waals surface area contributed by atoms with Crippen LogP contribution in [0.4, 0.5) is 27.5 Å². The Labute approximate surface area is 141 Å². The Morgan fingerprint density at radius 2 is 1.78 bits per heavy atom. The quantitative estimate of drug-likeness (QED) is 0.707. The molecule has 0 bridgehead atoms. The zero-order valence-corrected chi connectivity index (χ0v) is 13.1. The van der Waals surface area contributed by atoms with Crippen LogP contribution in [0.25, 0.3) is 0 Å². The molecule has 0 radical (unpaired) electrons. The van der Waals surface area contributed by atoms with Gasteiger partial charge in [0.05, 0.1) is 11.2 Å². The maximum Gasteiger partial charge on any atom is 0.249 e. The number of anilines is 4. The highest BCUT2D eigenvalue weighted by molar-refractivity contribution is 6.31. The Kier molecular flexibility index (Phi) is 4.55. The predicted molar refractivity (Wildman–Crippen MR) is 89.3 cm³/mol. The number of aromatic nitrogens is 3. The van der Waals surface area contributed by atoms with Gasteiger partial charge in [0.15, 0.2) is 5.82 Å². The maximum atomic E-state index is 13.2. The number of hydrogen-bond donors (Lipinski definition) is 2. The van der Waals surface area contributed by atoms with E-state index in [0.717, 1.165) is 5.69 Å².